The minimum atomic E-state index is 1.08. The second-order valence-electron chi connectivity index (χ2n) is 16.1. The second kappa shape index (κ2) is 16.7. The predicted molar refractivity (Wildman–Crippen MR) is 269 cm³/mol. The van der Waals surface area contributed by atoms with Crippen molar-refractivity contribution in [1.29, 1.82) is 0 Å². The van der Waals surface area contributed by atoms with E-state index in [-0.39, 0.29) is 0 Å². The Balaban J connectivity index is 1.04. The summed E-state index contributed by atoms with van der Waals surface area (Å²) in [6.07, 6.45) is 0. The average molecular weight is 802 g/mol. The smallest absolute Gasteiger partial charge is 0.0467 e. The molecule has 0 saturated carbocycles. The van der Waals surface area contributed by atoms with Crippen LogP contribution in [0.15, 0.2) is 261 Å². The van der Waals surface area contributed by atoms with Gasteiger partial charge in [-0.2, -0.15) is 0 Å². The normalized spacial score (nSPS) is 11.2. The van der Waals surface area contributed by atoms with Crippen molar-refractivity contribution in [2.24, 2.45) is 0 Å². The number of rotatable bonds is 9. The molecule has 1 nitrogen and oxygen atoms in total. The van der Waals surface area contributed by atoms with Crippen LogP contribution in [0.4, 0.5) is 17.1 Å². The largest absolute Gasteiger partial charge is 0.310 e. The standard InChI is InChI=1S/C62H43N/c1-3-17-46(18-4-1)57-27-11-12-28-61(57)62-59(48-19-5-2-6-20-48)30-15-31-60(62)49-36-40-54(41-37-49)63(53-38-34-45(35-39-53)51-33-32-44-16-7-8-22-50(44)42-51)55-25-13-24-52(43-55)58-29-14-23-47-21-9-10-26-56(47)58/h1-43H. The van der Waals surface area contributed by atoms with E-state index in [2.05, 4.69) is 266 Å². The molecule has 0 aliphatic heterocycles. The van der Waals surface area contributed by atoms with Crippen molar-refractivity contribution >= 4 is 38.6 Å². The zero-order valence-electron chi connectivity index (χ0n) is 34.8. The van der Waals surface area contributed by atoms with Crippen molar-refractivity contribution in [3.05, 3.63) is 261 Å². The maximum absolute atomic E-state index is 2.38. The molecule has 0 N–H and O–H groups in total. The topological polar surface area (TPSA) is 3.24 Å². The van der Waals surface area contributed by atoms with Crippen LogP contribution < -0.4 is 4.90 Å². The van der Waals surface area contributed by atoms with Crippen LogP contribution in [-0.2, 0) is 0 Å². The van der Waals surface area contributed by atoms with E-state index in [1.807, 2.05) is 0 Å². The Kier molecular flexibility index (Phi) is 9.97. The van der Waals surface area contributed by atoms with E-state index in [4.69, 9.17) is 0 Å². The maximum atomic E-state index is 2.38. The molecule has 0 aromatic heterocycles. The van der Waals surface area contributed by atoms with Gasteiger partial charge in [-0.15, -0.1) is 0 Å². The lowest BCUT2D eigenvalue weighted by molar-refractivity contribution is 1.28. The van der Waals surface area contributed by atoms with E-state index in [1.165, 1.54) is 82.7 Å². The van der Waals surface area contributed by atoms with Gasteiger partial charge in [-0.3, -0.25) is 0 Å². The van der Waals surface area contributed by atoms with Gasteiger partial charge in [0.05, 0.1) is 0 Å². The summed E-state index contributed by atoms with van der Waals surface area (Å²) < 4.78 is 0. The van der Waals surface area contributed by atoms with Gasteiger partial charge in [-0.1, -0.05) is 218 Å². The van der Waals surface area contributed by atoms with Crippen molar-refractivity contribution in [2.45, 2.75) is 0 Å². The second-order valence-corrected chi connectivity index (χ2v) is 16.1. The summed E-state index contributed by atoms with van der Waals surface area (Å²) in [5.74, 6) is 0. The first-order valence-corrected chi connectivity index (χ1v) is 21.7. The molecule has 0 radical (unpaired) electrons. The molecule has 0 amide bonds. The molecule has 11 aromatic rings. The lowest BCUT2D eigenvalue weighted by Crippen LogP contribution is -2.10. The van der Waals surface area contributed by atoms with E-state index >= 15 is 0 Å². The highest BCUT2D eigenvalue weighted by molar-refractivity contribution is 6.00. The molecule has 0 saturated heterocycles. The third-order valence-electron chi connectivity index (χ3n) is 12.3. The lowest BCUT2D eigenvalue weighted by Gasteiger charge is -2.27. The summed E-state index contributed by atoms with van der Waals surface area (Å²) in [5, 5.41) is 4.97. The van der Waals surface area contributed by atoms with Gasteiger partial charge in [0.15, 0.2) is 0 Å². The van der Waals surface area contributed by atoms with E-state index in [9.17, 15) is 0 Å². The molecular weight excluding hydrogens is 759 g/mol. The molecule has 11 aromatic carbocycles. The molecular formula is C62H43N. The molecule has 1 heteroatoms. The number of fused-ring (bicyclic) bond motifs is 2. The number of hydrogen-bond donors (Lipinski definition) is 0. The Morgan fingerprint density at radius 3 is 1.38 bits per heavy atom. The molecule has 0 bridgehead atoms. The van der Waals surface area contributed by atoms with Crippen molar-refractivity contribution in [3.8, 4) is 66.8 Å². The Morgan fingerprint density at radius 1 is 0.206 bits per heavy atom. The highest BCUT2D eigenvalue weighted by Gasteiger charge is 2.19. The van der Waals surface area contributed by atoms with Crippen molar-refractivity contribution < 1.29 is 0 Å². The SMILES string of the molecule is c1ccc(-c2ccccc2-c2c(-c3ccccc3)cccc2-c2ccc(N(c3ccc(-c4ccc5ccccc5c4)cc3)c3cccc(-c4cccc5ccccc45)c3)cc2)cc1. The fourth-order valence-corrected chi connectivity index (χ4v) is 9.21. The molecule has 0 unspecified atom stereocenters. The lowest BCUT2D eigenvalue weighted by atomic mass is 9.84. The summed E-state index contributed by atoms with van der Waals surface area (Å²) in [5.41, 5.74) is 17.6. The van der Waals surface area contributed by atoms with E-state index in [0.717, 1.165) is 22.6 Å². The summed E-state index contributed by atoms with van der Waals surface area (Å²) in [7, 11) is 0. The van der Waals surface area contributed by atoms with Crippen LogP contribution in [0.25, 0.3) is 88.3 Å². The summed E-state index contributed by atoms with van der Waals surface area (Å²) >= 11 is 0. The average Bonchev–Trinajstić information content (AvgIpc) is 3.37. The minimum Gasteiger partial charge on any atom is -0.310 e. The zero-order valence-corrected chi connectivity index (χ0v) is 34.8. The van der Waals surface area contributed by atoms with E-state index in [0.29, 0.717) is 0 Å². The predicted octanol–water partition coefficient (Wildman–Crippen LogP) is 17.5. The third kappa shape index (κ3) is 7.37. The highest BCUT2D eigenvalue weighted by atomic mass is 15.1. The number of anilines is 3. The van der Waals surface area contributed by atoms with E-state index < -0.39 is 0 Å². The fourth-order valence-electron chi connectivity index (χ4n) is 9.21. The van der Waals surface area contributed by atoms with Gasteiger partial charge >= 0.3 is 0 Å². The number of benzene rings is 11. The fraction of sp³-hybridized carbons (Fsp3) is 0. The van der Waals surface area contributed by atoms with Crippen LogP contribution in [0.1, 0.15) is 0 Å². The first-order chi connectivity index (χ1) is 31.2. The summed E-state index contributed by atoms with van der Waals surface area (Å²) in [6.45, 7) is 0. The zero-order chi connectivity index (χ0) is 42.0. The van der Waals surface area contributed by atoms with Crippen LogP contribution in [0, 0.1) is 0 Å². The van der Waals surface area contributed by atoms with Crippen LogP contribution in [-0.4, -0.2) is 0 Å². The van der Waals surface area contributed by atoms with Crippen LogP contribution in [0.3, 0.4) is 0 Å². The molecule has 0 spiro atoms. The highest BCUT2D eigenvalue weighted by Crippen LogP contribution is 2.45. The van der Waals surface area contributed by atoms with Gasteiger partial charge in [-0.05, 0) is 131 Å². The minimum absolute atomic E-state index is 1.08. The van der Waals surface area contributed by atoms with Crippen molar-refractivity contribution in [3.63, 3.8) is 0 Å². The van der Waals surface area contributed by atoms with Gasteiger partial charge in [0.2, 0.25) is 0 Å². The molecule has 0 fully saturated rings. The van der Waals surface area contributed by atoms with Gasteiger partial charge < -0.3 is 4.90 Å². The Hall–Kier alpha value is -8.26. The number of nitrogens with zero attached hydrogens (tertiary/aromatic N) is 1. The summed E-state index contributed by atoms with van der Waals surface area (Å²) in [4.78, 5) is 2.38. The molecule has 0 aliphatic rings. The van der Waals surface area contributed by atoms with Gasteiger partial charge in [0.1, 0.15) is 0 Å². The number of hydrogen-bond acceptors (Lipinski definition) is 1. The van der Waals surface area contributed by atoms with Crippen molar-refractivity contribution in [1.82, 2.24) is 0 Å². The molecule has 0 heterocycles. The molecule has 296 valence electrons. The molecule has 0 atom stereocenters. The van der Waals surface area contributed by atoms with Crippen LogP contribution in [0.5, 0.6) is 0 Å². The third-order valence-corrected chi connectivity index (χ3v) is 12.3. The Bertz CT molecular complexity index is 3360. The monoisotopic (exact) mass is 801 g/mol. The molecule has 11 rings (SSSR count). The summed E-state index contributed by atoms with van der Waals surface area (Å²) in [6, 6.07) is 94.7. The Morgan fingerprint density at radius 2 is 0.667 bits per heavy atom. The van der Waals surface area contributed by atoms with Gasteiger partial charge in [0, 0.05) is 17.1 Å². The Labute approximate surface area is 369 Å². The van der Waals surface area contributed by atoms with Gasteiger partial charge in [-0.25, -0.2) is 0 Å². The first kappa shape index (κ1) is 37.7. The first-order valence-electron chi connectivity index (χ1n) is 21.7. The van der Waals surface area contributed by atoms with Crippen LogP contribution >= 0.6 is 0 Å². The molecule has 63 heavy (non-hydrogen) atoms. The van der Waals surface area contributed by atoms with Crippen LogP contribution in [0.2, 0.25) is 0 Å². The maximum Gasteiger partial charge on any atom is 0.0467 e. The van der Waals surface area contributed by atoms with Crippen molar-refractivity contribution in [2.75, 3.05) is 4.90 Å². The van der Waals surface area contributed by atoms with Gasteiger partial charge in [0.25, 0.3) is 0 Å². The van der Waals surface area contributed by atoms with E-state index in [1.54, 1.807) is 0 Å². The molecule has 0 aliphatic carbocycles. The quantitative estimate of drug-likeness (QED) is 0.141.